The Hall–Kier alpha value is -2.61. The second-order valence-electron chi connectivity index (χ2n) is 10.0. The Morgan fingerprint density at radius 2 is 1.85 bits per heavy atom. The number of halogens is 6. The molecule has 2 aliphatic rings. The number of pyridine rings is 1. The topological polar surface area (TPSA) is 104 Å². The van der Waals surface area contributed by atoms with Gasteiger partial charge in [-0.15, -0.1) is 0 Å². The van der Waals surface area contributed by atoms with E-state index in [2.05, 4.69) is 16.4 Å². The number of nitrogens with zero attached hydrogens (tertiary/aromatic N) is 2. The molecule has 1 amide bonds. The first kappa shape index (κ1) is 30.9. The maximum absolute atomic E-state index is 13.9. The summed E-state index contributed by atoms with van der Waals surface area (Å²) in [6, 6.07) is 2.42. The maximum Gasteiger partial charge on any atom is 0.403 e. The van der Waals surface area contributed by atoms with Crippen molar-refractivity contribution < 1.29 is 45.8 Å². The number of amides is 1. The second-order valence-corrected chi connectivity index (χ2v) is 10.0. The van der Waals surface area contributed by atoms with E-state index in [1.807, 2.05) is 11.4 Å². The van der Waals surface area contributed by atoms with E-state index in [0.717, 1.165) is 48.6 Å². The average Bonchev–Trinajstić information content (AvgIpc) is 2.86. The quantitative estimate of drug-likeness (QED) is 0.259. The number of aromatic nitrogens is 1. The predicted molar refractivity (Wildman–Crippen MR) is 129 cm³/mol. The van der Waals surface area contributed by atoms with Gasteiger partial charge in [-0.1, -0.05) is 6.07 Å². The molecule has 1 aromatic rings. The van der Waals surface area contributed by atoms with Crippen LogP contribution in [0.2, 0.25) is 0 Å². The number of fused-ring (bicyclic) bond motifs is 1. The molecule has 220 valence electrons. The van der Waals surface area contributed by atoms with Gasteiger partial charge in [0.1, 0.15) is 17.3 Å². The number of anilines is 1. The lowest BCUT2D eigenvalue weighted by Crippen LogP contribution is -2.59. The van der Waals surface area contributed by atoms with E-state index < -0.39 is 68.2 Å². The highest BCUT2D eigenvalue weighted by Crippen LogP contribution is 2.47. The number of unbranched alkanes of at least 4 members (excludes halogenated alkanes) is 1. The first-order chi connectivity index (χ1) is 18.3. The molecule has 0 bridgehead atoms. The smallest absolute Gasteiger partial charge is 0.403 e. The first-order valence-corrected chi connectivity index (χ1v) is 13.0. The number of likely N-dealkylation sites (tertiary alicyclic amines) is 1. The van der Waals surface area contributed by atoms with Crippen LogP contribution in [0.1, 0.15) is 49.8 Å². The van der Waals surface area contributed by atoms with Crippen molar-refractivity contribution in [2.24, 2.45) is 5.41 Å². The Bertz CT molecular complexity index is 980. The number of ether oxygens (including phenoxy) is 1. The number of hydrogen-bond donors (Lipinski definition) is 3. The van der Waals surface area contributed by atoms with Crippen molar-refractivity contribution in [1.29, 1.82) is 0 Å². The number of piperidine rings is 1. The predicted octanol–water partition coefficient (Wildman–Crippen LogP) is 3.95. The lowest BCUT2D eigenvalue weighted by atomic mass is 9.76. The molecule has 3 N–H and O–H groups in total. The number of aryl methyl sites for hydroxylation is 2. The molecule has 0 saturated carbocycles. The molecule has 1 saturated heterocycles. The van der Waals surface area contributed by atoms with E-state index in [-0.39, 0.29) is 13.0 Å². The molecule has 0 spiro atoms. The minimum atomic E-state index is -5.05. The van der Waals surface area contributed by atoms with Crippen LogP contribution in [0.4, 0.5) is 32.2 Å². The third-order valence-corrected chi connectivity index (χ3v) is 7.17. The zero-order chi connectivity index (χ0) is 28.7. The molecule has 3 heterocycles. The highest BCUT2D eigenvalue weighted by atomic mass is 19.4. The first-order valence-electron chi connectivity index (χ1n) is 13.0. The number of carboxylic acid groups (broad SMARTS) is 1. The van der Waals surface area contributed by atoms with E-state index in [1.165, 1.54) is 5.56 Å². The van der Waals surface area contributed by atoms with Gasteiger partial charge in [0.15, 0.2) is 0 Å². The molecule has 3 rings (SSSR count). The molecule has 2 aliphatic heterocycles. The van der Waals surface area contributed by atoms with E-state index in [1.54, 1.807) is 0 Å². The van der Waals surface area contributed by atoms with Gasteiger partial charge in [-0.2, -0.15) is 26.3 Å². The van der Waals surface area contributed by atoms with Crippen molar-refractivity contribution in [3.05, 3.63) is 23.4 Å². The normalized spacial score (nSPS) is 18.6. The number of carbonyl (C=O) groups excluding carboxylic acids is 1. The van der Waals surface area contributed by atoms with Gasteiger partial charge in [0.25, 0.3) is 0 Å². The van der Waals surface area contributed by atoms with Gasteiger partial charge in [0.05, 0.1) is 6.54 Å². The summed E-state index contributed by atoms with van der Waals surface area (Å²) in [6.07, 6.45) is -7.45. The Kier molecular flexibility index (Phi) is 10.4. The van der Waals surface area contributed by atoms with E-state index in [9.17, 15) is 41.0 Å². The molecule has 0 unspecified atom stereocenters. The summed E-state index contributed by atoms with van der Waals surface area (Å²) in [7, 11) is 0. The summed E-state index contributed by atoms with van der Waals surface area (Å²) in [5.41, 5.74) is -0.815. The molecule has 1 atom stereocenters. The summed E-state index contributed by atoms with van der Waals surface area (Å²) in [4.78, 5) is 29.7. The number of carboxylic acids is 1. The van der Waals surface area contributed by atoms with Crippen LogP contribution in [0.3, 0.4) is 0 Å². The van der Waals surface area contributed by atoms with E-state index in [0.29, 0.717) is 13.0 Å². The summed E-state index contributed by atoms with van der Waals surface area (Å²) < 4.78 is 85.0. The highest BCUT2D eigenvalue weighted by Gasteiger charge is 2.61. The number of nitrogens with one attached hydrogen (secondary N) is 2. The fraction of sp³-hybridized carbons (Fsp3) is 0.720. The standard InChI is InChI=1S/C25H34F6N4O4/c26-24(27,28)16-35-12-9-23(10-13-35,25(29,30)31)22(38)34-19(21(36)37)8-15-39-14-2-1-5-18-7-6-17-4-3-11-32-20(17)33-18/h6-7,19H,1-5,8-16H2,(H,32,33)(H,34,38)(H,36,37)/t19-/m0/s1. The average molecular weight is 569 g/mol. The Balaban J connectivity index is 1.42. The molecular formula is C25H34F6N4O4. The molecule has 0 aliphatic carbocycles. The number of alkyl halides is 6. The molecule has 1 aromatic heterocycles. The fourth-order valence-electron chi connectivity index (χ4n) is 4.86. The summed E-state index contributed by atoms with van der Waals surface area (Å²) in [6.45, 7) is -1.47. The summed E-state index contributed by atoms with van der Waals surface area (Å²) >= 11 is 0. The molecule has 0 aromatic carbocycles. The van der Waals surface area contributed by atoms with Crippen molar-refractivity contribution in [2.45, 2.75) is 69.8 Å². The van der Waals surface area contributed by atoms with Crippen LogP contribution in [0.25, 0.3) is 0 Å². The van der Waals surface area contributed by atoms with Crippen LogP contribution in [0, 0.1) is 5.41 Å². The van der Waals surface area contributed by atoms with Gasteiger partial charge in [0.2, 0.25) is 5.91 Å². The van der Waals surface area contributed by atoms with E-state index >= 15 is 0 Å². The zero-order valence-corrected chi connectivity index (χ0v) is 21.5. The largest absolute Gasteiger partial charge is 0.480 e. The van der Waals surface area contributed by atoms with Crippen LogP contribution < -0.4 is 10.6 Å². The highest BCUT2D eigenvalue weighted by molar-refractivity contribution is 5.88. The maximum atomic E-state index is 13.9. The minimum Gasteiger partial charge on any atom is -0.480 e. The lowest BCUT2D eigenvalue weighted by molar-refractivity contribution is -0.236. The van der Waals surface area contributed by atoms with Gasteiger partial charge in [-0.25, -0.2) is 9.78 Å². The Morgan fingerprint density at radius 1 is 1.13 bits per heavy atom. The Morgan fingerprint density at radius 3 is 2.49 bits per heavy atom. The van der Waals surface area contributed by atoms with Gasteiger partial charge in [0, 0.05) is 31.9 Å². The van der Waals surface area contributed by atoms with Crippen molar-refractivity contribution in [1.82, 2.24) is 15.2 Å². The molecule has 39 heavy (non-hydrogen) atoms. The third-order valence-electron chi connectivity index (χ3n) is 7.17. The van der Waals surface area contributed by atoms with Gasteiger partial charge in [-0.05, 0) is 69.7 Å². The number of carbonyl (C=O) groups is 2. The van der Waals surface area contributed by atoms with Gasteiger partial charge >= 0.3 is 18.3 Å². The summed E-state index contributed by atoms with van der Waals surface area (Å²) in [5, 5.41) is 14.7. The monoisotopic (exact) mass is 568 g/mol. The fourth-order valence-corrected chi connectivity index (χ4v) is 4.86. The third kappa shape index (κ3) is 8.69. The molecule has 1 fully saturated rings. The second kappa shape index (κ2) is 13.2. The number of rotatable bonds is 12. The Labute approximate surface area is 222 Å². The van der Waals surface area contributed by atoms with Crippen molar-refractivity contribution >= 4 is 17.7 Å². The minimum absolute atomic E-state index is 0.101. The van der Waals surface area contributed by atoms with Crippen LogP contribution in [-0.4, -0.2) is 84.7 Å². The lowest BCUT2D eigenvalue weighted by Gasteiger charge is -2.42. The van der Waals surface area contributed by atoms with Crippen molar-refractivity contribution in [2.75, 3.05) is 44.7 Å². The molecule has 14 heteroatoms. The SMILES string of the molecule is O=C(O)[C@H](CCOCCCCc1ccc2c(n1)NCCC2)NC(=O)C1(C(F)(F)F)CCN(CC(F)(F)F)CC1. The van der Waals surface area contributed by atoms with Gasteiger partial charge in [-0.3, -0.25) is 9.69 Å². The van der Waals surface area contributed by atoms with Crippen LogP contribution in [0.5, 0.6) is 0 Å². The van der Waals surface area contributed by atoms with Crippen LogP contribution in [0.15, 0.2) is 12.1 Å². The zero-order valence-electron chi connectivity index (χ0n) is 21.5. The number of hydrogen-bond acceptors (Lipinski definition) is 6. The molecule has 8 nitrogen and oxygen atoms in total. The number of aliphatic carboxylic acids is 1. The van der Waals surface area contributed by atoms with Crippen molar-refractivity contribution in [3.8, 4) is 0 Å². The van der Waals surface area contributed by atoms with E-state index in [4.69, 9.17) is 4.74 Å². The molecule has 0 radical (unpaired) electrons. The van der Waals surface area contributed by atoms with Crippen LogP contribution >= 0.6 is 0 Å². The van der Waals surface area contributed by atoms with Crippen molar-refractivity contribution in [3.63, 3.8) is 0 Å². The van der Waals surface area contributed by atoms with Gasteiger partial charge < -0.3 is 20.5 Å². The molecular weight excluding hydrogens is 534 g/mol. The summed E-state index contributed by atoms with van der Waals surface area (Å²) in [5.74, 6) is -2.15. The van der Waals surface area contributed by atoms with Crippen LogP contribution in [-0.2, 0) is 27.2 Å².